The van der Waals surface area contributed by atoms with Crippen LogP contribution in [0.2, 0.25) is 0 Å². The normalized spacial score (nSPS) is 12.5. The first-order valence-corrected chi connectivity index (χ1v) is 5.49. The number of carbonyl (C=O) groups is 1. The molecule has 0 aromatic carbocycles. The molecular weight excluding hydrogens is 198 g/mol. The summed E-state index contributed by atoms with van der Waals surface area (Å²) in [5.74, 6) is -0.101. The molecule has 1 aromatic rings. The number of carbonyl (C=O) groups excluding carboxylic acids is 1. The Kier molecular flexibility index (Phi) is 4.10. The van der Waals surface area contributed by atoms with Crippen molar-refractivity contribution in [1.82, 2.24) is 5.32 Å². The van der Waals surface area contributed by atoms with E-state index in [0.717, 1.165) is 6.42 Å². The second-order valence-corrected chi connectivity index (χ2v) is 4.34. The number of amides is 1. The van der Waals surface area contributed by atoms with Gasteiger partial charge in [-0.05, 0) is 25.5 Å². The Bertz CT molecular complexity index is 309. The van der Waals surface area contributed by atoms with Gasteiger partial charge >= 0.3 is 0 Å². The molecule has 0 unspecified atom stereocenters. The van der Waals surface area contributed by atoms with Gasteiger partial charge in [-0.2, -0.15) is 0 Å². The Balaban J connectivity index is 2.60. The minimum absolute atomic E-state index is 0.0300. The first kappa shape index (κ1) is 11.2. The topological polar surface area (TPSA) is 49.3 Å². The molecule has 2 N–H and O–H groups in total. The summed E-state index contributed by atoms with van der Waals surface area (Å²) in [4.78, 5) is 13.4. The molecule has 14 heavy (non-hydrogen) atoms. The Labute approximate surface area is 87.8 Å². The fraction of sp³-hybridized carbons (Fsp3) is 0.500. The summed E-state index contributed by atoms with van der Waals surface area (Å²) in [7, 11) is 0. The lowest BCUT2D eigenvalue weighted by Crippen LogP contribution is -2.34. The molecule has 0 spiro atoms. The van der Waals surface area contributed by atoms with Crippen LogP contribution in [0.4, 0.5) is 0 Å². The average Bonchev–Trinajstić information content (AvgIpc) is 2.65. The molecule has 0 aliphatic carbocycles. The molecular formula is C10H15NO2S. The molecule has 0 aliphatic rings. The molecule has 1 atom stereocenters. The monoisotopic (exact) mass is 213 g/mol. The van der Waals surface area contributed by atoms with Gasteiger partial charge in [0.15, 0.2) is 0 Å². The SMILES string of the molecule is CCc1ccc(C(=O)N[C@@H](C)CO)s1. The number of hydrogen-bond acceptors (Lipinski definition) is 3. The van der Waals surface area contributed by atoms with E-state index in [2.05, 4.69) is 12.2 Å². The zero-order valence-electron chi connectivity index (χ0n) is 8.41. The zero-order chi connectivity index (χ0) is 10.6. The largest absolute Gasteiger partial charge is 0.394 e. The standard InChI is InChI=1S/C10H15NO2S/c1-3-8-4-5-9(14-8)10(13)11-7(2)6-12/h4-5,7,12H,3,6H2,1-2H3,(H,11,13)/t7-/m0/s1. The van der Waals surface area contributed by atoms with Gasteiger partial charge in [-0.15, -0.1) is 11.3 Å². The summed E-state index contributed by atoms with van der Waals surface area (Å²) in [6, 6.07) is 3.60. The van der Waals surface area contributed by atoms with Crippen molar-refractivity contribution >= 4 is 17.2 Å². The molecule has 0 radical (unpaired) electrons. The van der Waals surface area contributed by atoms with E-state index >= 15 is 0 Å². The maximum absolute atomic E-state index is 11.5. The van der Waals surface area contributed by atoms with Crippen LogP contribution < -0.4 is 5.32 Å². The van der Waals surface area contributed by atoms with Crippen LogP contribution in [0, 0.1) is 0 Å². The van der Waals surface area contributed by atoms with Gasteiger partial charge in [0, 0.05) is 10.9 Å². The molecule has 0 saturated heterocycles. The van der Waals surface area contributed by atoms with Gasteiger partial charge in [-0.25, -0.2) is 0 Å². The predicted molar refractivity (Wildman–Crippen MR) is 57.7 cm³/mol. The van der Waals surface area contributed by atoms with Crippen LogP contribution in [0.15, 0.2) is 12.1 Å². The maximum Gasteiger partial charge on any atom is 0.261 e. The summed E-state index contributed by atoms with van der Waals surface area (Å²) in [6.45, 7) is 3.80. The number of aryl methyl sites for hydroxylation is 1. The molecule has 0 bridgehead atoms. The summed E-state index contributed by atoms with van der Waals surface area (Å²) in [5.41, 5.74) is 0. The van der Waals surface area contributed by atoms with E-state index in [1.54, 1.807) is 6.92 Å². The molecule has 78 valence electrons. The minimum Gasteiger partial charge on any atom is -0.394 e. The fourth-order valence-corrected chi connectivity index (χ4v) is 1.88. The molecule has 3 nitrogen and oxygen atoms in total. The summed E-state index contributed by atoms with van der Waals surface area (Å²) in [6.07, 6.45) is 0.952. The lowest BCUT2D eigenvalue weighted by Gasteiger charge is -2.08. The van der Waals surface area contributed by atoms with Crippen LogP contribution in [-0.4, -0.2) is 23.7 Å². The highest BCUT2D eigenvalue weighted by Crippen LogP contribution is 2.16. The average molecular weight is 213 g/mol. The van der Waals surface area contributed by atoms with Crippen LogP contribution in [0.3, 0.4) is 0 Å². The van der Waals surface area contributed by atoms with E-state index in [1.165, 1.54) is 16.2 Å². The first-order valence-electron chi connectivity index (χ1n) is 4.67. The molecule has 1 aromatic heterocycles. The number of aliphatic hydroxyl groups is 1. The molecule has 1 amide bonds. The third kappa shape index (κ3) is 2.82. The van der Waals surface area contributed by atoms with E-state index < -0.39 is 0 Å². The van der Waals surface area contributed by atoms with Crippen molar-refractivity contribution in [1.29, 1.82) is 0 Å². The van der Waals surface area contributed by atoms with Crippen molar-refractivity contribution < 1.29 is 9.90 Å². The van der Waals surface area contributed by atoms with E-state index in [4.69, 9.17) is 5.11 Å². The van der Waals surface area contributed by atoms with Gasteiger partial charge in [-0.3, -0.25) is 4.79 Å². The molecule has 0 fully saturated rings. The first-order chi connectivity index (χ1) is 6.67. The van der Waals surface area contributed by atoms with E-state index in [1.807, 2.05) is 12.1 Å². The van der Waals surface area contributed by atoms with Crippen molar-refractivity contribution in [2.24, 2.45) is 0 Å². The lowest BCUT2D eigenvalue weighted by atomic mass is 10.3. The fourth-order valence-electron chi connectivity index (χ4n) is 1.03. The Morgan fingerprint density at radius 2 is 2.36 bits per heavy atom. The third-order valence-electron chi connectivity index (χ3n) is 1.89. The number of hydrogen-bond donors (Lipinski definition) is 2. The van der Waals surface area contributed by atoms with Crippen molar-refractivity contribution in [3.63, 3.8) is 0 Å². The lowest BCUT2D eigenvalue weighted by molar-refractivity contribution is 0.0926. The van der Waals surface area contributed by atoms with Gasteiger partial charge in [0.25, 0.3) is 5.91 Å². The summed E-state index contributed by atoms with van der Waals surface area (Å²) < 4.78 is 0. The molecule has 4 heteroatoms. The number of nitrogens with one attached hydrogen (secondary N) is 1. The van der Waals surface area contributed by atoms with E-state index in [-0.39, 0.29) is 18.6 Å². The van der Waals surface area contributed by atoms with Crippen LogP contribution >= 0.6 is 11.3 Å². The van der Waals surface area contributed by atoms with E-state index in [0.29, 0.717) is 4.88 Å². The van der Waals surface area contributed by atoms with Crippen LogP contribution in [0.1, 0.15) is 28.4 Å². The maximum atomic E-state index is 11.5. The van der Waals surface area contributed by atoms with Gasteiger partial charge in [0.05, 0.1) is 11.5 Å². The molecule has 0 aliphatic heterocycles. The van der Waals surface area contributed by atoms with Crippen LogP contribution in [0.25, 0.3) is 0 Å². The Morgan fingerprint density at radius 1 is 1.64 bits per heavy atom. The minimum atomic E-state index is -0.185. The number of aliphatic hydroxyl groups excluding tert-OH is 1. The molecule has 1 rings (SSSR count). The highest BCUT2D eigenvalue weighted by atomic mass is 32.1. The number of thiophene rings is 1. The van der Waals surface area contributed by atoms with Crippen molar-refractivity contribution in [3.8, 4) is 0 Å². The van der Waals surface area contributed by atoms with Crippen LogP contribution in [-0.2, 0) is 6.42 Å². The highest BCUT2D eigenvalue weighted by Gasteiger charge is 2.10. The van der Waals surface area contributed by atoms with Crippen LogP contribution in [0.5, 0.6) is 0 Å². The quantitative estimate of drug-likeness (QED) is 0.794. The van der Waals surface area contributed by atoms with Gasteiger partial charge < -0.3 is 10.4 Å². The predicted octanol–water partition coefficient (Wildman–Crippen LogP) is 1.42. The molecule has 1 heterocycles. The van der Waals surface area contributed by atoms with Crippen molar-refractivity contribution in [2.75, 3.05) is 6.61 Å². The zero-order valence-corrected chi connectivity index (χ0v) is 9.23. The second-order valence-electron chi connectivity index (χ2n) is 3.18. The van der Waals surface area contributed by atoms with Crippen molar-refractivity contribution in [3.05, 3.63) is 21.9 Å². The van der Waals surface area contributed by atoms with Gasteiger partial charge in [0.1, 0.15) is 0 Å². The Hall–Kier alpha value is -0.870. The number of rotatable bonds is 4. The smallest absolute Gasteiger partial charge is 0.261 e. The Morgan fingerprint density at radius 3 is 2.86 bits per heavy atom. The second kappa shape index (κ2) is 5.12. The van der Waals surface area contributed by atoms with E-state index in [9.17, 15) is 4.79 Å². The van der Waals surface area contributed by atoms with Crippen molar-refractivity contribution in [2.45, 2.75) is 26.3 Å². The van der Waals surface area contributed by atoms with Gasteiger partial charge in [0.2, 0.25) is 0 Å². The summed E-state index contributed by atoms with van der Waals surface area (Å²) in [5, 5.41) is 11.5. The summed E-state index contributed by atoms with van der Waals surface area (Å²) >= 11 is 1.50. The highest BCUT2D eigenvalue weighted by molar-refractivity contribution is 7.14. The van der Waals surface area contributed by atoms with Gasteiger partial charge in [-0.1, -0.05) is 6.92 Å². The third-order valence-corrected chi connectivity index (χ3v) is 3.11. The molecule has 0 saturated carbocycles.